The summed E-state index contributed by atoms with van der Waals surface area (Å²) in [6, 6.07) is 101. The van der Waals surface area contributed by atoms with E-state index in [0.717, 1.165) is 44.8 Å². The molecule has 0 unspecified atom stereocenters. The number of fused-ring (bicyclic) bond motifs is 14. The van der Waals surface area contributed by atoms with Crippen LogP contribution in [0.4, 0.5) is 0 Å². The van der Waals surface area contributed by atoms with Gasteiger partial charge in [-0.25, -0.2) is 29.9 Å². The molecular weight excluding hydrogens is 1110 g/mol. The first kappa shape index (κ1) is 51.1. The van der Waals surface area contributed by atoms with E-state index in [1.807, 2.05) is 144 Å². The Morgan fingerprint density at radius 3 is 1.09 bits per heavy atom. The van der Waals surface area contributed by atoms with Crippen LogP contribution in [0.1, 0.15) is 0 Å². The van der Waals surface area contributed by atoms with Crippen LogP contribution < -0.4 is 0 Å². The van der Waals surface area contributed by atoms with E-state index in [9.17, 15) is 0 Å². The van der Waals surface area contributed by atoms with E-state index >= 15 is 0 Å². The van der Waals surface area contributed by atoms with Crippen molar-refractivity contribution in [1.82, 2.24) is 39.0 Å². The third kappa shape index (κ3) is 8.80. The van der Waals surface area contributed by atoms with E-state index in [4.69, 9.17) is 29.9 Å². The molecular formula is C78H48N8S2. The quantitative estimate of drug-likeness (QED) is 0.151. The van der Waals surface area contributed by atoms with Gasteiger partial charge in [0.15, 0.2) is 34.9 Å². The molecule has 10 heteroatoms. The third-order valence-electron chi connectivity index (χ3n) is 16.5. The zero-order chi connectivity index (χ0) is 58.1. The average Bonchev–Trinajstić information content (AvgIpc) is 1.64. The van der Waals surface area contributed by atoms with Crippen LogP contribution in [0.25, 0.3) is 164 Å². The Morgan fingerprint density at radius 2 is 0.591 bits per heavy atom. The van der Waals surface area contributed by atoms with Gasteiger partial charge in [0.05, 0.1) is 22.1 Å². The molecule has 0 spiro atoms. The zero-order valence-electron chi connectivity index (χ0n) is 47.1. The number of benzene rings is 12. The number of nitrogens with zero attached hydrogens (tertiary/aromatic N) is 8. The van der Waals surface area contributed by atoms with Gasteiger partial charge in [-0.05, 0) is 84.9 Å². The second-order valence-electron chi connectivity index (χ2n) is 21.7. The number of hydrogen-bond acceptors (Lipinski definition) is 8. The van der Waals surface area contributed by atoms with E-state index in [2.05, 4.69) is 179 Å². The van der Waals surface area contributed by atoms with Crippen LogP contribution in [-0.2, 0) is 0 Å². The van der Waals surface area contributed by atoms with Crippen molar-refractivity contribution < 1.29 is 0 Å². The van der Waals surface area contributed by atoms with Crippen LogP contribution in [0.15, 0.2) is 291 Å². The van der Waals surface area contributed by atoms with Gasteiger partial charge in [-0.15, -0.1) is 22.7 Å². The average molecular weight is 1160 g/mol. The van der Waals surface area contributed by atoms with E-state index < -0.39 is 0 Å². The Hall–Kier alpha value is -11.3. The van der Waals surface area contributed by atoms with Gasteiger partial charge in [0.2, 0.25) is 0 Å². The second-order valence-corrected chi connectivity index (χ2v) is 23.9. The van der Waals surface area contributed by atoms with Crippen LogP contribution in [0.3, 0.4) is 0 Å². The molecule has 0 bridgehead atoms. The number of para-hydroxylation sites is 2. The molecule has 0 N–H and O–H groups in total. The smallest absolute Gasteiger partial charge is 0.164 e. The molecule has 0 amide bonds. The van der Waals surface area contributed by atoms with E-state index in [-0.39, 0.29) is 0 Å². The molecule has 0 aliphatic rings. The van der Waals surface area contributed by atoms with Gasteiger partial charge in [0.1, 0.15) is 0 Å². The molecule has 6 heterocycles. The van der Waals surface area contributed by atoms with Gasteiger partial charge in [-0.3, -0.25) is 0 Å². The second kappa shape index (κ2) is 21.3. The first-order valence-electron chi connectivity index (χ1n) is 29.3. The van der Waals surface area contributed by atoms with Crippen molar-refractivity contribution >= 4 is 107 Å². The summed E-state index contributed by atoms with van der Waals surface area (Å²) in [5.41, 5.74) is 12.8. The fourth-order valence-electron chi connectivity index (χ4n) is 12.4. The van der Waals surface area contributed by atoms with Crippen molar-refractivity contribution in [1.29, 1.82) is 0 Å². The Labute approximate surface area is 513 Å². The molecule has 0 fully saturated rings. The van der Waals surface area contributed by atoms with Crippen LogP contribution in [0.5, 0.6) is 0 Å². The topological polar surface area (TPSA) is 87.2 Å². The van der Waals surface area contributed by atoms with E-state index in [0.29, 0.717) is 34.9 Å². The van der Waals surface area contributed by atoms with Crippen LogP contribution in [0.2, 0.25) is 0 Å². The van der Waals surface area contributed by atoms with E-state index in [1.165, 1.54) is 84.0 Å². The molecule has 6 aromatic heterocycles. The Bertz CT molecular complexity index is 5550. The first-order valence-corrected chi connectivity index (χ1v) is 30.9. The standard InChI is InChI=1S/2C39H24N4S/c1-3-11-25(12-4-1)37-40-38(26-13-5-2-6-14-26)42-39(41-37)27-19-21-28(22-20-27)43-32-17-9-7-16-31(32)35-33(43)24-23-30-29-15-8-10-18-34(29)44-36(30)35;1-3-11-25(12-4-1)37-40-38(26-13-5-2-6-14-26)42-39(41-37)27-19-21-28(22-20-27)43-32-17-9-7-15-29(32)30-23-24-34-35(36(30)43)31-16-8-10-18-33(31)44-34/h2*1-24H. The highest BCUT2D eigenvalue weighted by Crippen LogP contribution is 2.45. The lowest BCUT2D eigenvalue weighted by Gasteiger charge is -2.11. The minimum atomic E-state index is 0.651. The summed E-state index contributed by atoms with van der Waals surface area (Å²) in [7, 11) is 0. The highest BCUT2D eigenvalue weighted by molar-refractivity contribution is 7.27. The minimum Gasteiger partial charge on any atom is -0.309 e. The minimum absolute atomic E-state index is 0.651. The molecule has 8 nitrogen and oxygen atoms in total. The van der Waals surface area contributed by atoms with Crippen LogP contribution in [0, 0.1) is 0 Å². The molecule has 0 atom stereocenters. The monoisotopic (exact) mass is 1160 g/mol. The number of aromatic nitrogens is 8. The Kier molecular flexibility index (Phi) is 12.4. The number of rotatable bonds is 8. The molecule has 0 aliphatic heterocycles. The molecule has 18 aromatic rings. The molecule has 0 radical (unpaired) electrons. The Balaban J connectivity index is 0.000000137. The largest absolute Gasteiger partial charge is 0.309 e. The van der Waals surface area contributed by atoms with Crippen molar-refractivity contribution in [2.24, 2.45) is 0 Å². The zero-order valence-corrected chi connectivity index (χ0v) is 48.7. The van der Waals surface area contributed by atoms with Gasteiger partial charge in [0, 0.05) is 107 Å². The lowest BCUT2D eigenvalue weighted by molar-refractivity contribution is 1.07. The number of hydrogen-bond donors (Lipinski definition) is 0. The van der Waals surface area contributed by atoms with E-state index in [1.54, 1.807) is 0 Å². The molecule has 0 aliphatic carbocycles. The first-order chi connectivity index (χ1) is 43.6. The fraction of sp³-hybridized carbons (Fsp3) is 0. The summed E-state index contributed by atoms with van der Waals surface area (Å²) >= 11 is 3.73. The molecule has 0 saturated carbocycles. The van der Waals surface area contributed by atoms with Gasteiger partial charge in [-0.2, -0.15) is 0 Å². The SMILES string of the molecule is c1ccc(-c2nc(-c3ccccc3)nc(-c3ccc(-n4c5ccccc5c5c6sc7ccccc7c6ccc54)cc3)n2)cc1.c1ccc(-c2nc(-c3ccccc3)nc(-c3ccc(-n4c5ccccc5c5ccc6sc7ccccc7c6c54)cc3)n2)cc1. The normalized spacial score (nSPS) is 11.6. The molecule has 0 saturated heterocycles. The van der Waals surface area contributed by atoms with Gasteiger partial charge in [-0.1, -0.05) is 206 Å². The van der Waals surface area contributed by atoms with Crippen molar-refractivity contribution in [2.75, 3.05) is 0 Å². The summed E-state index contributed by atoms with van der Waals surface area (Å²) < 4.78 is 10.0. The number of thiophene rings is 2. The highest BCUT2D eigenvalue weighted by atomic mass is 32.1. The summed E-state index contributed by atoms with van der Waals surface area (Å²) in [5, 5.41) is 10.3. The summed E-state index contributed by atoms with van der Waals surface area (Å²) in [6.07, 6.45) is 0. The summed E-state index contributed by atoms with van der Waals surface area (Å²) in [5.74, 6) is 3.94. The maximum Gasteiger partial charge on any atom is 0.164 e. The van der Waals surface area contributed by atoms with Crippen LogP contribution in [-0.4, -0.2) is 39.0 Å². The van der Waals surface area contributed by atoms with Crippen molar-refractivity contribution in [3.05, 3.63) is 291 Å². The van der Waals surface area contributed by atoms with Gasteiger partial charge < -0.3 is 9.13 Å². The maximum absolute atomic E-state index is 4.93. The lowest BCUT2D eigenvalue weighted by atomic mass is 10.1. The third-order valence-corrected chi connectivity index (χ3v) is 18.9. The molecule has 18 rings (SSSR count). The highest BCUT2D eigenvalue weighted by Gasteiger charge is 2.21. The van der Waals surface area contributed by atoms with Crippen LogP contribution >= 0.6 is 22.7 Å². The lowest BCUT2D eigenvalue weighted by Crippen LogP contribution is -2.00. The predicted molar refractivity (Wildman–Crippen MR) is 367 cm³/mol. The Morgan fingerprint density at radius 1 is 0.216 bits per heavy atom. The molecule has 412 valence electrons. The van der Waals surface area contributed by atoms with Gasteiger partial charge >= 0.3 is 0 Å². The summed E-state index contributed by atoms with van der Waals surface area (Å²) in [6.45, 7) is 0. The van der Waals surface area contributed by atoms with Crippen molar-refractivity contribution in [2.45, 2.75) is 0 Å². The molecule has 12 aromatic carbocycles. The van der Waals surface area contributed by atoms with Crippen molar-refractivity contribution in [3.8, 4) is 79.7 Å². The predicted octanol–water partition coefficient (Wildman–Crippen LogP) is 20.7. The fourth-order valence-corrected chi connectivity index (χ4v) is 14.8. The summed E-state index contributed by atoms with van der Waals surface area (Å²) in [4.78, 5) is 29.4. The maximum atomic E-state index is 4.93. The van der Waals surface area contributed by atoms with Gasteiger partial charge in [0.25, 0.3) is 0 Å². The van der Waals surface area contributed by atoms with Crippen molar-refractivity contribution in [3.63, 3.8) is 0 Å². The molecule has 88 heavy (non-hydrogen) atoms.